The van der Waals surface area contributed by atoms with E-state index < -0.39 is 0 Å². The van der Waals surface area contributed by atoms with Gasteiger partial charge in [0.1, 0.15) is 5.82 Å². The van der Waals surface area contributed by atoms with Gasteiger partial charge in [-0.25, -0.2) is 4.98 Å². The Balaban J connectivity index is 2.26. The van der Waals surface area contributed by atoms with Gasteiger partial charge in [0, 0.05) is 11.8 Å². The van der Waals surface area contributed by atoms with Crippen molar-refractivity contribution in [2.75, 3.05) is 19.0 Å². The molecule has 1 heterocycles. The lowest BCUT2D eigenvalue weighted by molar-refractivity contribution is 0.102. The molecule has 2 aromatic rings. The third kappa shape index (κ3) is 4.38. The molecule has 0 unspecified atom stereocenters. The second-order valence-electron chi connectivity index (χ2n) is 5.82. The van der Waals surface area contributed by atoms with E-state index in [4.69, 9.17) is 21.1 Å². The third-order valence-electron chi connectivity index (χ3n) is 3.29. The first-order valence-electron chi connectivity index (χ1n) is 7.65. The van der Waals surface area contributed by atoms with Crippen molar-refractivity contribution in [2.24, 2.45) is 5.92 Å². The molecule has 0 aliphatic carbocycles. The van der Waals surface area contributed by atoms with Crippen LogP contribution in [0, 0.1) is 12.8 Å². The number of aromatic nitrogens is 1. The van der Waals surface area contributed by atoms with Crippen molar-refractivity contribution >= 4 is 23.3 Å². The van der Waals surface area contributed by atoms with E-state index in [1.54, 1.807) is 18.3 Å². The standard InChI is InChI=1S/C18H21ClN2O3/c1-11(2)10-24-16-14(19)8-13(9-15(16)23-4)18(22)21-17-12(3)6-5-7-20-17/h5-9,11H,10H2,1-4H3,(H,20,21,22). The van der Waals surface area contributed by atoms with Crippen LogP contribution in [0.2, 0.25) is 5.02 Å². The SMILES string of the molecule is COc1cc(C(=O)Nc2ncccc2C)cc(Cl)c1OCC(C)C. The minimum Gasteiger partial charge on any atom is -0.493 e. The number of carbonyl (C=O) groups is 1. The third-order valence-corrected chi connectivity index (χ3v) is 3.57. The highest BCUT2D eigenvalue weighted by atomic mass is 35.5. The molecule has 0 bridgehead atoms. The summed E-state index contributed by atoms with van der Waals surface area (Å²) in [6.07, 6.45) is 1.62. The molecule has 0 radical (unpaired) electrons. The molecule has 0 aliphatic rings. The summed E-state index contributed by atoms with van der Waals surface area (Å²) in [5.41, 5.74) is 1.25. The summed E-state index contributed by atoms with van der Waals surface area (Å²) < 4.78 is 11.0. The fourth-order valence-corrected chi connectivity index (χ4v) is 2.30. The van der Waals surface area contributed by atoms with E-state index in [9.17, 15) is 4.79 Å². The van der Waals surface area contributed by atoms with Crippen molar-refractivity contribution in [3.63, 3.8) is 0 Å². The first-order chi connectivity index (χ1) is 11.4. The number of aryl methyl sites for hydroxylation is 1. The number of amides is 1. The molecule has 1 amide bonds. The van der Waals surface area contributed by atoms with E-state index in [1.807, 2.05) is 32.9 Å². The van der Waals surface area contributed by atoms with Crippen molar-refractivity contribution in [3.05, 3.63) is 46.6 Å². The van der Waals surface area contributed by atoms with Crippen molar-refractivity contribution < 1.29 is 14.3 Å². The molecular formula is C18H21ClN2O3. The molecular weight excluding hydrogens is 328 g/mol. The van der Waals surface area contributed by atoms with E-state index >= 15 is 0 Å². The van der Waals surface area contributed by atoms with Gasteiger partial charge in [-0.15, -0.1) is 0 Å². The fourth-order valence-electron chi connectivity index (χ4n) is 2.04. The zero-order valence-corrected chi connectivity index (χ0v) is 15.0. The number of carbonyl (C=O) groups excluding carboxylic acids is 1. The highest BCUT2D eigenvalue weighted by Crippen LogP contribution is 2.36. The highest BCUT2D eigenvalue weighted by Gasteiger charge is 2.17. The van der Waals surface area contributed by atoms with Gasteiger partial charge in [0.15, 0.2) is 11.5 Å². The number of anilines is 1. The van der Waals surface area contributed by atoms with Crippen LogP contribution in [0.5, 0.6) is 11.5 Å². The molecule has 6 heteroatoms. The summed E-state index contributed by atoms with van der Waals surface area (Å²) in [5.74, 6) is 1.41. The molecule has 0 fully saturated rings. The lowest BCUT2D eigenvalue weighted by Crippen LogP contribution is -2.14. The molecule has 24 heavy (non-hydrogen) atoms. The molecule has 2 rings (SSSR count). The summed E-state index contributed by atoms with van der Waals surface area (Å²) in [6.45, 7) is 6.46. The van der Waals surface area contributed by atoms with Gasteiger partial charge < -0.3 is 14.8 Å². The van der Waals surface area contributed by atoms with E-state index in [2.05, 4.69) is 10.3 Å². The van der Waals surface area contributed by atoms with E-state index in [0.29, 0.717) is 40.4 Å². The monoisotopic (exact) mass is 348 g/mol. The molecule has 1 aromatic carbocycles. The molecule has 128 valence electrons. The largest absolute Gasteiger partial charge is 0.493 e. The Hall–Kier alpha value is -2.27. The Labute approximate surface area is 147 Å². The molecule has 0 saturated carbocycles. The Morgan fingerprint density at radius 1 is 1.38 bits per heavy atom. The fraction of sp³-hybridized carbons (Fsp3) is 0.333. The zero-order valence-electron chi connectivity index (χ0n) is 14.2. The summed E-state index contributed by atoms with van der Waals surface area (Å²) in [5, 5.41) is 3.10. The van der Waals surface area contributed by atoms with Gasteiger partial charge in [0.2, 0.25) is 0 Å². The van der Waals surface area contributed by atoms with Gasteiger partial charge >= 0.3 is 0 Å². The molecule has 0 spiro atoms. The maximum atomic E-state index is 12.5. The van der Waals surface area contributed by atoms with Crippen LogP contribution in [-0.4, -0.2) is 24.6 Å². The molecule has 1 aromatic heterocycles. The smallest absolute Gasteiger partial charge is 0.257 e. The van der Waals surface area contributed by atoms with Crippen LogP contribution in [0.1, 0.15) is 29.8 Å². The summed E-state index contributed by atoms with van der Waals surface area (Å²) in [7, 11) is 1.51. The van der Waals surface area contributed by atoms with Gasteiger partial charge in [-0.1, -0.05) is 31.5 Å². The van der Waals surface area contributed by atoms with Crippen molar-refractivity contribution in [2.45, 2.75) is 20.8 Å². The first kappa shape index (κ1) is 18.1. The number of methoxy groups -OCH3 is 1. The minimum absolute atomic E-state index is 0.313. The lowest BCUT2D eigenvalue weighted by atomic mass is 10.1. The number of nitrogens with one attached hydrogen (secondary N) is 1. The van der Waals surface area contributed by atoms with Gasteiger partial charge in [0.25, 0.3) is 5.91 Å². The Morgan fingerprint density at radius 2 is 2.12 bits per heavy atom. The van der Waals surface area contributed by atoms with Gasteiger partial charge in [-0.2, -0.15) is 0 Å². The first-order valence-corrected chi connectivity index (χ1v) is 8.03. The van der Waals surface area contributed by atoms with Gasteiger partial charge in [-0.05, 0) is 36.6 Å². The Bertz CT molecular complexity index is 732. The predicted molar refractivity (Wildman–Crippen MR) is 95.3 cm³/mol. The minimum atomic E-state index is -0.313. The van der Waals surface area contributed by atoms with Crippen molar-refractivity contribution in [1.82, 2.24) is 4.98 Å². The van der Waals surface area contributed by atoms with Crippen molar-refractivity contribution in [3.8, 4) is 11.5 Å². The molecule has 0 saturated heterocycles. The van der Waals surface area contributed by atoms with Gasteiger partial charge in [-0.3, -0.25) is 4.79 Å². The number of ether oxygens (including phenoxy) is 2. The van der Waals surface area contributed by atoms with Crippen LogP contribution < -0.4 is 14.8 Å². The number of hydrogen-bond donors (Lipinski definition) is 1. The molecule has 0 atom stereocenters. The zero-order chi connectivity index (χ0) is 17.7. The van der Waals surface area contributed by atoms with Gasteiger partial charge in [0.05, 0.1) is 18.7 Å². The quantitative estimate of drug-likeness (QED) is 0.843. The maximum Gasteiger partial charge on any atom is 0.257 e. The Morgan fingerprint density at radius 3 is 2.75 bits per heavy atom. The molecule has 5 nitrogen and oxygen atoms in total. The Kier molecular flexibility index (Phi) is 6.04. The number of pyridine rings is 1. The summed E-state index contributed by atoms with van der Waals surface area (Å²) in [6, 6.07) is 6.85. The summed E-state index contributed by atoms with van der Waals surface area (Å²) in [4.78, 5) is 16.6. The van der Waals surface area contributed by atoms with E-state index in [1.165, 1.54) is 7.11 Å². The topological polar surface area (TPSA) is 60.5 Å². The van der Waals surface area contributed by atoms with Crippen LogP contribution in [0.4, 0.5) is 5.82 Å². The number of benzene rings is 1. The second-order valence-corrected chi connectivity index (χ2v) is 6.22. The molecule has 1 N–H and O–H groups in total. The van der Waals surface area contributed by atoms with E-state index in [-0.39, 0.29) is 5.91 Å². The van der Waals surface area contributed by atoms with E-state index in [0.717, 1.165) is 5.56 Å². The van der Waals surface area contributed by atoms with Crippen LogP contribution in [0.3, 0.4) is 0 Å². The number of rotatable bonds is 6. The van der Waals surface area contributed by atoms with Crippen molar-refractivity contribution in [1.29, 1.82) is 0 Å². The van der Waals surface area contributed by atoms with Crippen LogP contribution >= 0.6 is 11.6 Å². The van der Waals surface area contributed by atoms with Crippen LogP contribution in [-0.2, 0) is 0 Å². The average molecular weight is 349 g/mol. The number of nitrogens with zero attached hydrogens (tertiary/aromatic N) is 1. The highest BCUT2D eigenvalue weighted by molar-refractivity contribution is 6.32. The van der Waals surface area contributed by atoms with Crippen LogP contribution in [0.25, 0.3) is 0 Å². The predicted octanol–water partition coefficient (Wildman–Crippen LogP) is 4.34. The summed E-state index contributed by atoms with van der Waals surface area (Å²) >= 11 is 6.27. The second kappa shape index (κ2) is 8.02. The molecule has 0 aliphatic heterocycles. The average Bonchev–Trinajstić information content (AvgIpc) is 2.54. The number of halogens is 1. The number of hydrogen-bond acceptors (Lipinski definition) is 4. The lowest BCUT2D eigenvalue weighted by Gasteiger charge is -2.15. The maximum absolute atomic E-state index is 12.5. The van der Waals surface area contributed by atoms with Crippen LogP contribution in [0.15, 0.2) is 30.5 Å². The normalized spacial score (nSPS) is 10.6.